The summed E-state index contributed by atoms with van der Waals surface area (Å²) in [6, 6.07) is 3.46. The molecule has 1 N–H and O–H groups in total. The van der Waals surface area contributed by atoms with Crippen molar-refractivity contribution in [3.63, 3.8) is 0 Å². The molecule has 9 heteroatoms. The first-order valence-corrected chi connectivity index (χ1v) is 9.72. The zero-order valence-electron chi connectivity index (χ0n) is 15.5. The smallest absolute Gasteiger partial charge is 0.311 e. The van der Waals surface area contributed by atoms with Crippen molar-refractivity contribution in [3.8, 4) is 11.5 Å². The molecule has 1 aromatic carbocycles. The zero-order chi connectivity index (χ0) is 19.6. The average molecular weight is 412 g/mol. The van der Waals surface area contributed by atoms with E-state index in [0.29, 0.717) is 46.1 Å². The molecule has 0 bridgehead atoms. The van der Waals surface area contributed by atoms with Crippen LogP contribution in [-0.4, -0.2) is 37.5 Å². The number of esters is 1. The van der Waals surface area contributed by atoms with E-state index < -0.39 is 0 Å². The number of nitrogens with zero attached hydrogens (tertiary/aromatic N) is 2. The van der Waals surface area contributed by atoms with Gasteiger partial charge in [-0.2, -0.15) is 5.10 Å². The lowest BCUT2D eigenvalue weighted by molar-refractivity contribution is -0.142. The van der Waals surface area contributed by atoms with Crippen molar-refractivity contribution in [1.82, 2.24) is 4.98 Å². The van der Waals surface area contributed by atoms with Crippen LogP contribution in [0.15, 0.2) is 22.6 Å². The fourth-order valence-corrected chi connectivity index (χ4v) is 2.95. The molecule has 0 radical (unpaired) electrons. The Morgan fingerprint density at radius 3 is 2.89 bits per heavy atom. The second kappa shape index (κ2) is 10.7. The van der Waals surface area contributed by atoms with Crippen molar-refractivity contribution in [2.45, 2.75) is 26.7 Å². The van der Waals surface area contributed by atoms with E-state index in [-0.39, 0.29) is 12.4 Å². The van der Waals surface area contributed by atoms with Gasteiger partial charge >= 0.3 is 5.97 Å². The lowest BCUT2D eigenvalue weighted by Gasteiger charge is -2.11. The number of nitrogens with one attached hydrogen (secondary N) is 1. The second-order valence-corrected chi connectivity index (χ2v) is 6.63. The molecular weight excluding hydrogens is 390 g/mol. The van der Waals surface area contributed by atoms with E-state index in [1.807, 2.05) is 6.92 Å². The monoisotopic (exact) mass is 411 g/mol. The number of anilines is 1. The summed E-state index contributed by atoms with van der Waals surface area (Å²) >= 11 is 7.64. The maximum atomic E-state index is 11.5. The molecule has 0 saturated heterocycles. The number of methoxy groups -OCH3 is 1. The Labute approximate surface area is 167 Å². The van der Waals surface area contributed by atoms with Gasteiger partial charge in [-0.3, -0.25) is 10.2 Å². The first-order valence-electron chi connectivity index (χ1n) is 8.46. The molecule has 0 unspecified atom stereocenters. The zero-order valence-corrected chi connectivity index (χ0v) is 17.0. The van der Waals surface area contributed by atoms with Crippen molar-refractivity contribution < 1.29 is 19.0 Å². The number of halogens is 1. The van der Waals surface area contributed by atoms with Gasteiger partial charge in [-0.25, -0.2) is 4.98 Å². The lowest BCUT2D eigenvalue weighted by Crippen LogP contribution is -2.07. The summed E-state index contributed by atoms with van der Waals surface area (Å²) in [6.07, 6.45) is 2.60. The number of carbonyl (C=O) groups is 1. The van der Waals surface area contributed by atoms with E-state index >= 15 is 0 Å². The first kappa shape index (κ1) is 21.0. The summed E-state index contributed by atoms with van der Waals surface area (Å²) in [4.78, 5) is 15.8. The summed E-state index contributed by atoms with van der Waals surface area (Å²) in [7, 11) is 1.57. The third-order valence-electron chi connectivity index (χ3n) is 3.29. The van der Waals surface area contributed by atoms with E-state index in [4.69, 9.17) is 25.8 Å². The lowest BCUT2D eigenvalue weighted by atomic mass is 10.2. The van der Waals surface area contributed by atoms with Crippen LogP contribution in [0.3, 0.4) is 0 Å². The molecule has 146 valence electrons. The van der Waals surface area contributed by atoms with Gasteiger partial charge in [0.1, 0.15) is 0 Å². The predicted molar refractivity (Wildman–Crippen MR) is 107 cm³/mol. The number of benzene rings is 1. The molecule has 0 saturated carbocycles. The fourth-order valence-electron chi connectivity index (χ4n) is 2.09. The summed E-state index contributed by atoms with van der Waals surface area (Å²) < 4.78 is 15.9. The van der Waals surface area contributed by atoms with Crippen LogP contribution < -0.4 is 14.9 Å². The molecule has 0 amide bonds. The van der Waals surface area contributed by atoms with Gasteiger partial charge in [-0.1, -0.05) is 18.5 Å². The highest BCUT2D eigenvalue weighted by molar-refractivity contribution is 7.13. The molecule has 2 aromatic rings. The van der Waals surface area contributed by atoms with E-state index in [9.17, 15) is 4.79 Å². The van der Waals surface area contributed by atoms with Crippen LogP contribution in [0.2, 0.25) is 5.02 Å². The number of thiazole rings is 1. The highest BCUT2D eigenvalue weighted by Gasteiger charge is 2.10. The van der Waals surface area contributed by atoms with Crippen LogP contribution >= 0.6 is 22.9 Å². The van der Waals surface area contributed by atoms with E-state index in [1.54, 1.807) is 37.8 Å². The van der Waals surface area contributed by atoms with Crippen molar-refractivity contribution in [2.75, 3.05) is 25.7 Å². The highest BCUT2D eigenvalue weighted by Crippen LogP contribution is 2.32. The van der Waals surface area contributed by atoms with Gasteiger partial charge in [0.05, 0.1) is 43.7 Å². The quantitative estimate of drug-likeness (QED) is 0.359. The van der Waals surface area contributed by atoms with Gasteiger partial charge in [0.25, 0.3) is 0 Å². The summed E-state index contributed by atoms with van der Waals surface area (Å²) in [6.45, 7) is 4.73. The van der Waals surface area contributed by atoms with Crippen LogP contribution in [0, 0.1) is 0 Å². The standard InChI is InChI=1S/C18H22ClN3O4S/c1-4-6-26-16-9-14(19)12(7-15(16)24-3)10-20-22-18-21-13(11-27-18)8-17(23)25-5-2/h7,9-11H,4-6,8H2,1-3H3,(H,21,22). The topological polar surface area (TPSA) is 82.0 Å². The minimum atomic E-state index is -0.304. The number of hydrogen-bond donors (Lipinski definition) is 1. The molecule has 7 nitrogen and oxygen atoms in total. The van der Waals surface area contributed by atoms with Gasteiger partial charge in [0, 0.05) is 17.0 Å². The van der Waals surface area contributed by atoms with Gasteiger partial charge < -0.3 is 14.2 Å². The number of ether oxygens (including phenoxy) is 3. The molecule has 1 heterocycles. The largest absolute Gasteiger partial charge is 0.493 e. The Morgan fingerprint density at radius 1 is 1.37 bits per heavy atom. The van der Waals surface area contributed by atoms with Crippen molar-refractivity contribution in [2.24, 2.45) is 5.10 Å². The fraction of sp³-hybridized carbons (Fsp3) is 0.389. The van der Waals surface area contributed by atoms with E-state index in [1.165, 1.54) is 11.3 Å². The SMILES string of the molecule is CCCOc1cc(Cl)c(C=NNc2nc(CC(=O)OCC)cs2)cc1OC. The highest BCUT2D eigenvalue weighted by atomic mass is 35.5. The molecule has 27 heavy (non-hydrogen) atoms. The van der Waals surface area contributed by atoms with Gasteiger partial charge in [0.2, 0.25) is 5.13 Å². The van der Waals surface area contributed by atoms with E-state index in [2.05, 4.69) is 15.5 Å². The van der Waals surface area contributed by atoms with Crippen LogP contribution in [0.5, 0.6) is 11.5 Å². The third kappa shape index (κ3) is 6.41. The minimum absolute atomic E-state index is 0.137. The molecule has 2 rings (SSSR count). The summed E-state index contributed by atoms with van der Waals surface area (Å²) in [5, 5.41) is 6.99. The third-order valence-corrected chi connectivity index (χ3v) is 4.41. The minimum Gasteiger partial charge on any atom is -0.493 e. The first-order chi connectivity index (χ1) is 13.1. The van der Waals surface area contributed by atoms with Crippen LogP contribution in [0.4, 0.5) is 5.13 Å². The molecule has 0 aliphatic rings. The summed E-state index contributed by atoms with van der Waals surface area (Å²) in [5.41, 5.74) is 4.13. The maximum Gasteiger partial charge on any atom is 0.311 e. The number of aromatic nitrogens is 1. The van der Waals surface area contributed by atoms with Crippen molar-refractivity contribution in [3.05, 3.63) is 33.8 Å². The molecule has 0 fully saturated rings. The average Bonchev–Trinajstić information content (AvgIpc) is 3.08. The number of carbonyl (C=O) groups excluding carboxylic acids is 1. The Kier molecular flexibility index (Phi) is 8.35. The summed E-state index contributed by atoms with van der Waals surface area (Å²) in [5.74, 6) is 0.875. The van der Waals surface area contributed by atoms with E-state index in [0.717, 1.165) is 6.42 Å². The number of hydrazone groups is 1. The molecular formula is C18H22ClN3O4S. The second-order valence-electron chi connectivity index (χ2n) is 5.37. The van der Waals surface area contributed by atoms with Gasteiger partial charge in [0.15, 0.2) is 11.5 Å². The number of rotatable bonds is 10. The molecule has 0 aliphatic carbocycles. The molecule has 0 aliphatic heterocycles. The van der Waals surface area contributed by atoms with Crippen molar-refractivity contribution in [1.29, 1.82) is 0 Å². The number of hydrogen-bond acceptors (Lipinski definition) is 8. The molecule has 0 atom stereocenters. The Hall–Kier alpha value is -2.32. The van der Waals surface area contributed by atoms with Gasteiger partial charge in [-0.15, -0.1) is 11.3 Å². The van der Waals surface area contributed by atoms with Crippen LogP contribution in [0.1, 0.15) is 31.5 Å². The predicted octanol–water partition coefficient (Wildman–Crippen LogP) is 4.15. The maximum absolute atomic E-state index is 11.5. The van der Waals surface area contributed by atoms with Crippen molar-refractivity contribution >= 4 is 40.3 Å². The molecule has 1 aromatic heterocycles. The Balaban J connectivity index is 2.01. The molecule has 0 spiro atoms. The Morgan fingerprint density at radius 2 is 2.19 bits per heavy atom. The normalized spacial score (nSPS) is 10.8. The van der Waals surface area contributed by atoms with Crippen LogP contribution in [-0.2, 0) is 16.0 Å². The Bertz CT molecular complexity index is 795. The van der Waals surface area contributed by atoms with Gasteiger partial charge in [-0.05, 0) is 19.4 Å². The van der Waals surface area contributed by atoms with Crippen LogP contribution in [0.25, 0.3) is 0 Å².